The van der Waals surface area contributed by atoms with Crippen molar-refractivity contribution in [3.63, 3.8) is 0 Å². The van der Waals surface area contributed by atoms with Gasteiger partial charge >= 0.3 is 6.03 Å². The smallest absolute Gasteiger partial charge is 0.317 e. The highest BCUT2D eigenvalue weighted by molar-refractivity contribution is 5.96. The summed E-state index contributed by atoms with van der Waals surface area (Å²) in [6.45, 7) is 2.61. The van der Waals surface area contributed by atoms with Crippen molar-refractivity contribution in [1.29, 1.82) is 0 Å². The van der Waals surface area contributed by atoms with E-state index in [1.165, 1.54) is 0 Å². The van der Waals surface area contributed by atoms with Crippen molar-refractivity contribution < 1.29 is 14.3 Å². The van der Waals surface area contributed by atoms with E-state index in [2.05, 4.69) is 20.5 Å². The van der Waals surface area contributed by atoms with Crippen LogP contribution in [0.2, 0.25) is 0 Å². The van der Waals surface area contributed by atoms with Crippen LogP contribution in [0.3, 0.4) is 0 Å². The van der Waals surface area contributed by atoms with E-state index in [4.69, 9.17) is 4.74 Å². The van der Waals surface area contributed by atoms with Crippen LogP contribution in [0.25, 0.3) is 10.9 Å². The van der Waals surface area contributed by atoms with Gasteiger partial charge in [-0.1, -0.05) is 0 Å². The molecule has 0 spiro atoms. The summed E-state index contributed by atoms with van der Waals surface area (Å²) >= 11 is 0. The number of nitrogens with zero attached hydrogens (tertiary/aromatic N) is 2. The third-order valence-corrected chi connectivity index (χ3v) is 5.24. The number of aromatic nitrogens is 1. The van der Waals surface area contributed by atoms with E-state index in [-0.39, 0.29) is 18.5 Å². The molecular formula is C22H25N5O3. The predicted octanol–water partition coefficient (Wildman–Crippen LogP) is 2.65. The maximum Gasteiger partial charge on any atom is 0.317 e. The van der Waals surface area contributed by atoms with Crippen molar-refractivity contribution in [2.24, 2.45) is 0 Å². The second kappa shape index (κ2) is 8.77. The van der Waals surface area contributed by atoms with E-state index in [9.17, 15) is 9.59 Å². The van der Waals surface area contributed by atoms with Gasteiger partial charge in [0.2, 0.25) is 5.91 Å². The summed E-state index contributed by atoms with van der Waals surface area (Å²) < 4.78 is 5.19. The van der Waals surface area contributed by atoms with E-state index >= 15 is 0 Å². The number of rotatable bonds is 5. The van der Waals surface area contributed by atoms with Gasteiger partial charge in [-0.2, -0.15) is 0 Å². The van der Waals surface area contributed by atoms with Gasteiger partial charge in [0.25, 0.3) is 0 Å². The third-order valence-electron chi connectivity index (χ3n) is 5.24. The SMILES string of the molecule is COc1ccc(N2CCN(C(=O)NCC(=O)Nc3ccc4[nH]ccc4c3)CC2)cc1. The summed E-state index contributed by atoms with van der Waals surface area (Å²) in [7, 11) is 1.65. The zero-order valence-corrected chi connectivity index (χ0v) is 16.9. The molecule has 8 nitrogen and oxygen atoms in total. The molecule has 0 atom stereocenters. The molecule has 1 aliphatic heterocycles. The van der Waals surface area contributed by atoms with Gasteiger partial charge in [-0.25, -0.2) is 4.79 Å². The van der Waals surface area contributed by atoms with Gasteiger partial charge in [0.05, 0.1) is 13.7 Å². The van der Waals surface area contributed by atoms with Gasteiger partial charge in [0.1, 0.15) is 5.75 Å². The molecule has 1 aliphatic rings. The van der Waals surface area contributed by atoms with Gasteiger partial charge in [0, 0.05) is 54.7 Å². The Balaban J connectivity index is 1.22. The lowest BCUT2D eigenvalue weighted by molar-refractivity contribution is -0.115. The largest absolute Gasteiger partial charge is 0.497 e. The zero-order valence-electron chi connectivity index (χ0n) is 16.9. The van der Waals surface area contributed by atoms with E-state index in [0.29, 0.717) is 18.8 Å². The Morgan fingerprint density at radius 3 is 2.53 bits per heavy atom. The summed E-state index contributed by atoms with van der Waals surface area (Å²) in [4.78, 5) is 31.7. The number of aromatic amines is 1. The minimum absolute atomic E-state index is 0.0668. The summed E-state index contributed by atoms with van der Waals surface area (Å²) in [6.07, 6.45) is 1.85. The average Bonchev–Trinajstić information content (AvgIpc) is 3.25. The van der Waals surface area contributed by atoms with Gasteiger partial charge in [0.15, 0.2) is 0 Å². The quantitative estimate of drug-likeness (QED) is 0.607. The Kier molecular flexibility index (Phi) is 5.74. The van der Waals surface area contributed by atoms with E-state index in [0.717, 1.165) is 35.4 Å². The minimum Gasteiger partial charge on any atom is -0.497 e. The molecule has 1 fully saturated rings. The van der Waals surface area contributed by atoms with Gasteiger partial charge in [-0.15, -0.1) is 0 Å². The number of piperazine rings is 1. The summed E-state index contributed by atoms with van der Waals surface area (Å²) in [5, 5.41) is 6.54. The molecule has 2 heterocycles. The Morgan fingerprint density at radius 2 is 1.80 bits per heavy atom. The minimum atomic E-state index is -0.255. The standard InChI is InChI=1S/C22H25N5O3/c1-30-19-5-3-18(4-6-19)26-10-12-27(13-11-26)22(29)24-15-21(28)25-17-2-7-20-16(14-17)8-9-23-20/h2-9,14,23H,10-13,15H2,1H3,(H,24,29)(H,25,28). The molecule has 1 aromatic heterocycles. The van der Waals surface area contributed by atoms with Crippen molar-refractivity contribution in [3.05, 3.63) is 54.7 Å². The third kappa shape index (κ3) is 4.48. The molecule has 3 aromatic rings. The number of anilines is 2. The Hall–Kier alpha value is -3.68. The van der Waals surface area contributed by atoms with Crippen LogP contribution in [-0.2, 0) is 4.79 Å². The number of carbonyl (C=O) groups is 2. The maximum atomic E-state index is 12.4. The van der Waals surface area contributed by atoms with Crippen molar-refractivity contribution in [2.45, 2.75) is 0 Å². The first-order valence-corrected chi connectivity index (χ1v) is 9.91. The highest BCUT2D eigenvalue weighted by Crippen LogP contribution is 2.20. The van der Waals surface area contributed by atoms with Crippen LogP contribution in [-0.4, -0.2) is 61.7 Å². The second-order valence-corrected chi connectivity index (χ2v) is 7.16. The van der Waals surface area contributed by atoms with Gasteiger partial charge in [-0.05, 0) is 48.5 Å². The Morgan fingerprint density at radius 1 is 1.03 bits per heavy atom. The van der Waals surface area contributed by atoms with Crippen LogP contribution >= 0.6 is 0 Å². The second-order valence-electron chi connectivity index (χ2n) is 7.16. The number of benzene rings is 2. The number of amides is 3. The molecule has 0 saturated carbocycles. The van der Waals surface area contributed by atoms with Crippen LogP contribution in [0.4, 0.5) is 16.2 Å². The number of fused-ring (bicyclic) bond motifs is 1. The van der Waals surface area contributed by atoms with Crippen molar-refractivity contribution in [1.82, 2.24) is 15.2 Å². The van der Waals surface area contributed by atoms with Crippen LogP contribution in [0.15, 0.2) is 54.7 Å². The van der Waals surface area contributed by atoms with E-state index in [1.807, 2.05) is 54.7 Å². The molecular weight excluding hydrogens is 382 g/mol. The highest BCUT2D eigenvalue weighted by atomic mass is 16.5. The molecule has 1 saturated heterocycles. The zero-order chi connectivity index (χ0) is 20.9. The number of urea groups is 1. The number of hydrogen-bond donors (Lipinski definition) is 3. The average molecular weight is 407 g/mol. The number of carbonyl (C=O) groups excluding carboxylic acids is 2. The lowest BCUT2D eigenvalue weighted by Gasteiger charge is -2.36. The van der Waals surface area contributed by atoms with E-state index in [1.54, 1.807) is 12.0 Å². The van der Waals surface area contributed by atoms with Crippen molar-refractivity contribution in [2.75, 3.05) is 50.1 Å². The van der Waals surface area contributed by atoms with Crippen LogP contribution in [0.1, 0.15) is 0 Å². The molecule has 30 heavy (non-hydrogen) atoms. The lowest BCUT2D eigenvalue weighted by atomic mass is 10.2. The fourth-order valence-corrected chi connectivity index (χ4v) is 3.56. The molecule has 0 unspecified atom stereocenters. The first kappa shape index (κ1) is 19.6. The number of methoxy groups -OCH3 is 1. The highest BCUT2D eigenvalue weighted by Gasteiger charge is 2.21. The fourth-order valence-electron chi connectivity index (χ4n) is 3.56. The van der Waals surface area contributed by atoms with Crippen LogP contribution in [0, 0.1) is 0 Å². The summed E-state index contributed by atoms with van der Waals surface area (Å²) in [5.41, 5.74) is 2.82. The molecule has 3 N–H and O–H groups in total. The predicted molar refractivity (Wildman–Crippen MR) is 117 cm³/mol. The molecule has 8 heteroatoms. The van der Waals surface area contributed by atoms with Gasteiger partial charge in [-0.3, -0.25) is 4.79 Å². The van der Waals surface area contributed by atoms with Crippen molar-refractivity contribution >= 4 is 34.2 Å². The molecule has 3 amide bonds. The molecule has 156 valence electrons. The topological polar surface area (TPSA) is 89.7 Å². The number of hydrogen-bond acceptors (Lipinski definition) is 4. The monoisotopic (exact) mass is 407 g/mol. The molecule has 2 aromatic carbocycles. The lowest BCUT2D eigenvalue weighted by Crippen LogP contribution is -2.52. The van der Waals surface area contributed by atoms with Gasteiger partial charge < -0.3 is 30.2 Å². The first-order valence-electron chi connectivity index (χ1n) is 9.91. The van der Waals surface area contributed by atoms with E-state index < -0.39 is 0 Å². The van der Waals surface area contributed by atoms with Crippen LogP contribution in [0.5, 0.6) is 5.75 Å². The first-order chi connectivity index (χ1) is 14.6. The summed E-state index contributed by atoms with van der Waals surface area (Å²) in [6, 6.07) is 15.3. The number of ether oxygens (including phenoxy) is 1. The number of H-pyrrole nitrogens is 1. The van der Waals surface area contributed by atoms with Crippen LogP contribution < -0.4 is 20.3 Å². The maximum absolute atomic E-state index is 12.4. The Bertz CT molecular complexity index is 1020. The van der Waals surface area contributed by atoms with Crippen molar-refractivity contribution in [3.8, 4) is 5.75 Å². The Labute approximate surface area is 174 Å². The molecule has 0 radical (unpaired) electrons. The molecule has 0 aliphatic carbocycles. The number of nitrogens with one attached hydrogen (secondary N) is 3. The summed E-state index contributed by atoms with van der Waals surface area (Å²) in [5.74, 6) is 0.568. The fraction of sp³-hybridized carbons (Fsp3) is 0.273. The molecule has 0 bridgehead atoms. The normalized spacial score (nSPS) is 13.9. The molecule has 4 rings (SSSR count).